The molecule has 0 spiro atoms. The smallest absolute Gasteiger partial charge is 0.416 e. The normalized spacial score (nSPS) is 11.6. The van der Waals surface area contributed by atoms with Gasteiger partial charge in [-0.2, -0.15) is 13.2 Å². The number of aromatic hydroxyl groups is 1. The first-order valence-corrected chi connectivity index (χ1v) is 7.86. The average molecular weight is 372 g/mol. The van der Waals surface area contributed by atoms with Crippen LogP contribution in [0.3, 0.4) is 0 Å². The molecule has 3 N–H and O–H groups in total. The SMILES string of the molecule is O=C(CN(Cc1ccc(C(F)(F)F)cc1)Sc1ccc(O)cc1)NO. The third-order valence-electron chi connectivity index (χ3n) is 3.16. The summed E-state index contributed by atoms with van der Waals surface area (Å²) in [4.78, 5) is 12.2. The van der Waals surface area contributed by atoms with E-state index >= 15 is 0 Å². The van der Waals surface area contributed by atoms with Gasteiger partial charge in [-0.1, -0.05) is 12.1 Å². The second kappa shape index (κ2) is 8.24. The van der Waals surface area contributed by atoms with Crippen molar-refractivity contribution >= 4 is 17.9 Å². The molecule has 0 saturated carbocycles. The summed E-state index contributed by atoms with van der Waals surface area (Å²) in [5, 5.41) is 18.0. The summed E-state index contributed by atoms with van der Waals surface area (Å²) in [6, 6.07) is 10.9. The fraction of sp³-hybridized carbons (Fsp3) is 0.188. The van der Waals surface area contributed by atoms with E-state index in [0.29, 0.717) is 5.56 Å². The van der Waals surface area contributed by atoms with Crippen molar-refractivity contribution in [1.29, 1.82) is 0 Å². The minimum Gasteiger partial charge on any atom is -0.508 e. The van der Waals surface area contributed by atoms with E-state index in [1.54, 1.807) is 16.4 Å². The van der Waals surface area contributed by atoms with Crippen molar-refractivity contribution in [3.05, 3.63) is 59.7 Å². The van der Waals surface area contributed by atoms with Crippen LogP contribution < -0.4 is 5.48 Å². The summed E-state index contributed by atoms with van der Waals surface area (Å²) >= 11 is 1.17. The highest BCUT2D eigenvalue weighted by atomic mass is 32.2. The first-order valence-electron chi connectivity index (χ1n) is 7.09. The number of phenols is 1. The van der Waals surface area contributed by atoms with Crippen molar-refractivity contribution in [2.45, 2.75) is 17.6 Å². The van der Waals surface area contributed by atoms with Gasteiger partial charge in [0, 0.05) is 11.4 Å². The molecule has 2 rings (SSSR count). The van der Waals surface area contributed by atoms with Crippen LogP contribution in [-0.4, -0.2) is 27.1 Å². The summed E-state index contributed by atoms with van der Waals surface area (Å²) in [5.74, 6) is -0.565. The quantitative estimate of drug-likeness (QED) is 0.412. The molecule has 0 unspecified atom stereocenters. The molecule has 0 atom stereocenters. The summed E-state index contributed by atoms with van der Waals surface area (Å²) < 4.78 is 39.4. The van der Waals surface area contributed by atoms with E-state index in [2.05, 4.69) is 0 Å². The van der Waals surface area contributed by atoms with Crippen LogP contribution in [0.4, 0.5) is 13.2 Å². The highest BCUT2D eigenvalue weighted by Crippen LogP contribution is 2.30. The fourth-order valence-corrected chi connectivity index (χ4v) is 2.93. The van der Waals surface area contributed by atoms with Crippen molar-refractivity contribution in [1.82, 2.24) is 9.79 Å². The molecule has 0 bridgehead atoms. The number of benzene rings is 2. The second-order valence-corrected chi connectivity index (χ2v) is 6.28. The van der Waals surface area contributed by atoms with Gasteiger partial charge < -0.3 is 5.11 Å². The molecule has 0 aliphatic rings. The first kappa shape index (κ1) is 19.1. The lowest BCUT2D eigenvalue weighted by molar-refractivity contribution is -0.137. The zero-order valence-electron chi connectivity index (χ0n) is 12.8. The molecular formula is C16H15F3N2O3S. The molecule has 5 nitrogen and oxygen atoms in total. The maximum atomic E-state index is 12.6. The number of amides is 1. The van der Waals surface area contributed by atoms with Crippen LogP contribution in [0, 0.1) is 0 Å². The van der Waals surface area contributed by atoms with Gasteiger partial charge in [-0.15, -0.1) is 0 Å². The average Bonchev–Trinajstić information content (AvgIpc) is 2.56. The van der Waals surface area contributed by atoms with E-state index in [9.17, 15) is 23.1 Å². The summed E-state index contributed by atoms with van der Waals surface area (Å²) in [6.45, 7) is 0.000164. The molecular weight excluding hydrogens is 357 g/mol. The molecule has 134 valence electrons. The minimum atomic E-state index is -4.41. The third-order valence-corrected chi connectivity index (χ3v) is 4.16. The Bertz CT molecular complexity index is 706. The topological polar surface area (TPSA) is 72.8 Å². The molecule has 25 heavy (non-hydrogen) atoms. The van der Waals surface area contributed by atoms with Crippen LogP contribution in [0.25, 0.3) is 0 Å². The number of rotatable bonds is 6. The van der Waals surface area contributed by atoms with Gasteiger partial charge in [0.2, 0.25) is 0 Å². The number of nitrogens with one attached hydrogen (secondary N) is 1. The molecule has 9 heteroatoms. The molecule has 0 fully saturated rings. The largest absolute Gasteiger partial charge is 0.508 e. The number of nitrogens with zero attached hydrogens (tertiary/aromatic N) is 1. The Kier molecular flexibility index (Phi) is 6.29. The van der Waals surface area contributed by atoms with Gasteiger partial charge in [-0.3, -0.25) is 10.0 Å². The van der Waals surface area contributed by atoms with Gasteiger partial charge >= 0.3 is 6.18 Å². The number of carbonyl (C=O) groups excluding carboxylic acids is 1. The van der Waals surface area contributed by atoms with Crippen LogP contribution in [0.1, 0.15) is 11.1 Å². The van der Waals surface area contributed by atoms with E-state index in [1.165, 1.54) is 41.7 Å². The number of hydrogen-bond acceptors (Lipinski definition) is 5. The lowest BCUT2D eigenvalue weighted by Gasteiger charge is -2.20. The molecule has 0 aliphatic carbocycles. The predicted octanol–water partition coefficient (Wildman–Crippen LogP) is 3.43. The fourth-order valence-electron chi connectivity index (χ4n) is 1.97. The maximum absolute atomic E-state index is 12.6. The zero-order chi connectivity index (χ0) is 18.4. The monoisotopic (exact) mass is 372 g/mol. The molecule has 2 aromatic carbocycles. The Hall–Kier alpha value is -2.23. The van der Waals surface area contributed by atoms with Crippen LogP contribution in [0.15, 0.2) is 53.4 Å². The maximum Gasteiger partial charge on any atom is 0.416 e. The van der Waals surface area contributed by atoms with E-state index < -0.39 is 17.6 Å². The Labute approximate surface area is 146 Å². The zero-order valence-corrected chi connectivity index (χ0v) is 13.6. The van der Waals surface area contributed by atoms with Gasteiger partial charge in [-0.05, 0) is 53.9 Å². The Morgan fingerprint density at radius 3 is 2.20 bits per heavy atom. The first-order chi connectivity index (χ1) is 11.8. The lowest BCUT2D eigenvalue weighted by atomic mass is 10.1. The van der Waals surface area contributed by atoms with E-state index in [1.807, 2.05) is 0 Å². The van der Waals surface area contributed by atoms with E-state index in [-0.39, 0.29) is 18.8 Å². The number of alkyl halides is 3. The standard InChI is InChI=1S/C16H15F3N2O3S/c17-16(18,19)12-3-1-11(2-4-12)9-21(10-15(23)20-24)25-14-7-5-13(22)6-8-14/h1-8,22,24H,9-10H2,(H,20,23). The Morgan fingerprint density at radius 2 is 1.68 bits per heavy atom. The highest BCUT2D eigenvalue weighted by molar-refractivity contribution is 7.97. The molecule has 2 aromatic rings. The van der Waals surface area contributed by atoms with Crippen molar-refractivity contribution in [2.75, 3.05) is 6.54 Å². The number of hydrogen-bond donors (Lipinski definition) is 3. The van der Waals surface area contributed by atoms with Gasteiger partial charge in [0.25, 0.3) is 5.91 Å². The van der Waals surface area contributed by atoms with Crippen molar-refractivity contribution in [2.24, 2.45) is 0 Å². The summed E-state index contributed by atoms with van der Waals surface area (Å²) in [7, 11) is 0. The number of hydroxylamine groups is 1. The van der Waals surface area contributed by atoms with Crippen LogP contribution in [0.2, 0.25) is 0 Å². The third kappa shape index (κ3) is 5.96. The predicted molar refractivity (Wildman–Crippen MR) is 85.7 cm³/mol. The molecule has 0 aliphatic heterocycles. The summed E-state index contributed by atoms with van der Waals surface area (Å²) in [6.07, 6.45) is -4.41. The molecule has 0 aromatic heterocycles. The molecule has 0 saturated heterocycles. The van der Waals surface area contributed by atoms with E-state index in [0.717, 1.165) is 17.0 Å². The van der Waals surface area contributed by atoms with Crippen LogP contribution in [0.5, 0.6) is 5.75 Å². The highest BCUT2D eigenvalue weighted by Gasteiger charge is 2.30. The molecule has 0 heterocycles. The van der Waals surface area contributed by atoms with Crippen LogP contribution >= 0.6 is 11.9 Å². The molecule has 0 radical (unpaired) electrons. The second-order valence-electron chi connectivity index (χ2n) is 5.11. The minimum absolute atomic E-state index is 0.0896. The van der Waals surface area contributed by atoms with E-state index in [4.69, 9.17) is 5.21 Å². The van der Waals surface area contributed by atoms with Gasteiger partial charge in [-0.25, -0.2) is 9.79 Å². The number of halogens is 3. The number of carbonyl (C=O) groups is 1. The van der Waals surface area contributed by atoms with Gasteiger partial charge in [0.1, 0.15) is 5.75 Å². The Morgan fingerprint density at radius 1 is 1.08 bits per heavy atom. The lowest BCUT2D eigenvalue weighted by Crippen LogP contribution is -2.31. The van der Waals surface area contributed by atoms with Gasteiger partial charge in [0.05, 0.1) is 12.1 Å². The summed E-state index contributed by atoms with van der Waals surface area (Å²) in [5.41, 5.74) is 1.35. The van der Waals surface area contributed by atoms with Crippen LogP contribution in [-0.2, 0) is 17.5 Å². The number of phenolic OH excluding ortho intramolecular Hbond substituents is 1. The Balaban J connectivity index is 2.12. The molecule has 1 amide bonds. The van der Waals surface area contributed by atoms with Crippen molar-refractivity contribution in [3.8, 4) is 5.75 Å². The van der Waals surface area contributed by atoms with Gasteiger partial charge in [0.15, 0.2) is 0 Å². The van der Waals surface area contributed by atoms with Crippen molar-refractivity contribution < 1.29 is 28.3 Å². The van der Waals surface area contributed by atoms with Crippen molar-refractivity contribution in [3.63, 3.8) is 0 Å².